The van der Waals surface area contributed by atoms with Crippen molar-refractivity contribution in [3.63, 3.8) is 0 Å². The number of nitrogens with zero attached hydrogens (tertiary/aromatic N) is 2. The predicted molar refractivity (Wildman–Crippen MR) is 44.7 cm³/mol. The molecule has 1 heterocycles. The first-order valence-corrected chi connectivity index (χ1v) is 3.73. The van der Waals surface area contributed by atoms with Crippen molar-refractivity contribution in [2.24, 2.45) is 0 Å². The smallest absolute Gasteiger partial charge is 0.266 e. The molecule has 12 heavy (non-hydrogen) atoms. The van der Waals surface area contributed by atoms with Gasteiger partial charge in [-0.05, 0) is 18.2 Å². The van der Waals surface area contributed by atoms with Crippen LogP contribution in [0.1, 0.15) is 0 Å². The van der Waals surface area contributed by atoms with Gasteiger partial charge in [-0.2, -0.15) is 0 Å². The number of aromatic nitrogens is 2. The number of hydrogen-bond acceptors (Lipinski definition) is 2. The van der Waals surface area contributed by atoms with Crippen LogP contribution in [0.2, 0.25) is 5.02 Å². The Balaban J connectivity index is 2.79. The number of fused-ring (bicyclic) bond motifs is 1. The highest BCUT2D eigenvalue weighted by Crippen LogP contribution is 2.17. The third kappa shape index (κ3) is 1.19. The molecule has 0 aliphatic heterocycles. The first kappa shape index (κ1) is 7.31. The molecule has 0 spiro atoms. The lowest BCUT2D eigenvalue weighted by Crippen LogP contribution is -1.81. The van der Waals surface area contributed by atoms with Crippen LogP contribution < -0.4 is 0 Å². The molecule has 0 bridgehead atoms. The molecule has 3 nitrogen and oxygen atoms in total. The van der Waals surface area contributed by atoms with Crippen LogP contribution in [0.5, 0.6) is 5.88 Å². The van der Waals surface area contributed by atoms with E-state index in [0.717, 1.165) is 0 Å². The van der Waals surface area contributed by atoms with E-state index in [1.54, 1.807) is 18.2 Å². The molecule has 59 valence electrons. The van der Waals surface area contributed by atoms with Crippen LogP contribution in [0.25, 0.3) is 11.0 Å². The minimum Gasteiger partial charge on any atom is -0.266 e. The molecule has 0 amide bonds. The molecular weight excluding hydrogens is 176 g/mol. The van der Waals surface area contributed by atoms with Gasteiger partial charge in [-0.25, -0.2) is 9.97 Å². The zero-order valence-corrected chi connectivity index (χ0v) is 6.75. The molecule has 0 saturated heterocycles. The van der Waals surface area contributed by atoms with Gasteiger partial charge in [0, 0.05) is 5.02 Å². The zero-order chi connectivity index (χ0) is 8.55. The topological polar surface area (TPSA) is 45.7 Å². The molecule has 0 unspecified atom stereocenters. The van der Waals surface area contributed by atoms with E-state index in [1.807, 2.05) is 0 Å². The lowest BCUT2D eigenvalue weighted by Gasteiger charge is -1.95. The average Bonchev–Trinajstić information content (AvgIpc) is 2.05. The number of hydrogen-bond donors (Lipinski definition) is 0. The number of rotatable bonds is 0. The molecular formula is C8H4ClN2O. The third-order valence-corrected chi connectivity index (χ3v) is 1.72. The molecule has 2 rings (SSSR count). The number of halogens is 1. The van der Waals surface area contributed by atoms with Crippen molar-refractivity contribution in [2.75, 3.05) is 0 Å². The van der Waals surface area contributed by atoms with E-state index in [4.69, 9.17) is 11.6 Å². The molecule has 2 aromatic rings. The molecule has 1 aromatic carbocycles. The summed E-state index contributed by atoms with van der Waals surface area (Å²) in [6.45, 7) is 0. The van der Waals surface area contributed by atoms with E-state index >= 15 is 0 Å². The molecule has 1 radical (unpaired) electrons. The lowest BCUT2D eigenvalue weighted by molar-refractivity contribution is 0.337. The van der Waals surface area contributed by atoms with E-state index in [1.165, 1.54) is 6.20 Å². The van der Waals surface area contributed by atoms with Gasteiger partial charge in [-0.15, -0.1) is 0 Å². The minimum absolute atomic E-state index is 0.329. The highest BCUT2D eigenvalue weighted by molar-refractivity contribution is 6.31. The summed E-state index contributed by atoms with van der Waals surface area (Å²) in [5.74, 6) is -0.329. The molecule has 0 aliphatic rings. The van der Waals surface area contributed by atoms with Gasteiger partial charge in [0.1, 0.15) is 0 Å². The van der Waals surface area contributed by atoms with Crippen LogP contribution in [0, 0.1) is 0 Å². The van der Waals surface area contributed by atoms with Crippen molar-refractivity contribution in [2.45, 2.75) is 0 Å². The van der Waals surface area contributed by atoms with E-state index < -0.39 is 0 Å². The third-order valence-electron chi connectivity index (χ3n) is 1.48. The van der Waals surface area contributed by atoms with Gasteiger partial charge in [0.2, 0.25) is 0 Å². The Morgan fingerprint density at radius 3 is 2.92 bits per heavy atom. The Morgan fingerprint density at radius 2 is 2.08 bits per heavy atom. The molecule has 0 aliphatic carbocycles. The van der Waals surface area contributed by atoms with E-state index in [-0.39, 0.29) is 5.88 Å². The van der Waals surface area contributed by atoms with E-state index in [0.29, 0.717) is 16.1 Å². The van der Waals surface area contributed by atoms with Gasteiger partial charge < -0.3 is 0 Å². The molecule has 0 saturated carbocycles. The van der Waals surface area contributed by atoms with Gasteiger partial charge in [0.15, 0.2) is 0 Å². The predicted octanol–water partition coefficient (Wildman–Crippen LogP) is 2.43. The Bertz CT molecular complexity index is 389. The SMILES string of the molecule is [O]c1cnc2cc(Cl)ccc2n1. The molecule has 0 fully saturated rings. The van der Waals surface area contributed by atoms with Gasteiger partial charge in [0.05, 0.1) is 17.2 Å². The van der Waals surface area contributed by atoms with Gasteiger partial charge in [-0.3, -0.25) is 5.11 Å². The van der Waals surface area contributed by atoms with Crippen molar-refractivity contribution in [1.29, 1.82) is 0 Å². The summed E-state index contributed by atoms with van der Waals surface area (Å²) in [7, 11) is 0. The first-order chi connectivity index (χ1) is 5.75. The molecule has 4 heteroatoms. The maximum absolute atomic E-state index is 10.8. The maximum atomic E-state index is 10.8. The molecule has 0 N–H and O–H groups in total. The summed E-state index contributed by atoms with van der Waals surface area (Å²) in [6, 6.07) is 5.02. The van der Waals surface area contributed by atoms with Crippen LogP contribution in [0.3, 0.4) is 0 Å². The monoisotopic (exact) mass is 179 g/mol. The van der Waals surface area contributed by atoms with E-state index in [9.17, 15) is 5.11 Å². The fraction of sp³-hybridized carbons (Fsp3) is 0. The van der Waals surface area contributed by atoms with Crippen molar-refractivity contribution in [3.05, 3.63) is 29.4 Å². The first-order valence-electron chi connectivity index (χ1n) is 3.35. The second-order valence-electron chi connectivity index (χ2n) is 2.34. The molecule has 1 aromatic heterocycles. The summed E-state index contributed by atoms with van der Waals surface area (Å²) in [5, 5.41) is 11.4. The van der Waals surface area contributed by atoms with E-state index in [2.05, 4.69) is 9.97 Å². The molecule has 0 atom stereocenters. The van der Waals surface area contributed by atoms with Gasteiger partial charge in [0.25, 0.3) is 5.88 Å². The minimum atomic E-state index is -0.329. The van der Waals surface area contributed by atoms with Crippen molar-refractivity contribution < 1.29 is 5.11 Å². The van der Waals surface area contributed by atoms with Gasteiger partial charge in [-0.1, -0.05) is 11.6 Å². The van der Waals surface area contributed by atoms with Crippen molar-refractivity contribution >= 4 is 22.6 Å². The van der Waals surface area contributed by atoms with Crippen LogP contribution in [-0.4, -0.2) is 9.97 Å². The zero-order valence-electron chi connectivity index (χ0n) is 5.99. The van der Waals surface area contributed by atoms with Gasteiger partial charge >= 0.3 is 0 Å². The Kier molecular flexibility index (Phi) is 1.59. The van der Waals surface area contributed by atoms with Crippen LogP contribution in [-0.2, 0) is 5.11 Å². The number of benzene rings is 1. The average molecular weight is 180 g/mol. The van der Waals surface area contributed by atoms with Crippen LogP contribution >= 0.6 is 11.6 Å². The summed E-state index contributed by atoms with van der Waals surface area (Å²) >= 11 is 5.71. The normalized spacial score (nSPS) is 10.4. The van der Waals surface area contributed by atoms with Crippen molar-refractivity contribution in [1.82, 2.24) is 9.97 Å². The second-order valence-corrected chi connectivity index (χ2v) is 2.78. The quantitative estimate of drug-likeness (QED) is 0.624. The fourth-order valence-electron chi connectivity index (χ4n) is 0.967. The van der Waals surface area contributed by atoms with Crippen molar-refractivity contribution in [3.8, 4) is 5.88 Å². The summed E-state index contributed by atoms with van der Waals surface area (Å²) < 4.78 is 0. The summed E-state index contributed by atoms with van der Waals surface area (Å²) in [4.78, 5) is 7.62. The largest absolute Gasteiger partial charge is 0.288 e. The maximum Gasteiger partial charge on any atom is 0.288 e. The van der Waals surface area contributed by atoms with Crippen LogP contribution in [0.15, 0.2) is 24.4 Å². The van der Waals surface area contributed by atoms with Crippen LogP contribution in [0.4, 0.5) is 0 Å². The lowest BCUT2D eigenvalue weighted by atomic mass is 10.3. The Hall–Kier alpha value is -1.35. The second kappa shape index (κ2) is 2.60. The summed E-state index contributed by atoms with van der Waals surface area (Å²) in [5.41, 5.74) is 1.22. The Morgan fingerprint density at radius 1 is 1.25 bits per heavy atom. The highest BCUT2D eigenvalue weighted by atomic mass is 35.5. The Labute approximate surface area is 73.6 Å². The highest BCUT2D eigenvalue weighted by Gasteiger charge is 1.99. The standard InChI is InChI=1S/C8H4ClN2O/c9-5-1-2-6-7(3-5)10-4-8(12)11-6/h1-4H. The summed E-state index contributed by atoms with van der Waals surface area (Å²) in [6.07, 6.45) is 1.18. The fourth-order valence-corrected chi connectivity index (χ4v) is 1.13.